The second kappa shape index (κ2) is 5.21. The van der Waals surface area contributed by atoms with Crippen molar-refractivity contribution >= 4 is 5.97 Å². The zero-order valence-electron chi connectivity index (χ0n) is 14.6. The van der Waals surface area contributed by atoms with E-state index in [2.05, 4.69) is 13.8 Å². The highest BCUT2D eigenvalue weighted by Crippen LogP contribution is 2.67. The van der Waals surface area contributed by atoms with Crippen LogP contribution in [0.1, 0.15) is 71.6 Å². The lowest BCUT2D eigenvalue weighted by atomic mass is 9.44. The Morgan fingerprint density at radius 1 is 0.913 bits per heavy atom. The highest BCUT2D eigenvalue weighted by atomic mass is 16.4. The van der Waals surface area contributed by atoms with Crippen LogP contribution in [0, 0.1) is 40.4 Å². The molecular weight excluding hydrogens is 288 g/mol. The van der Waals surface area contributed by atoms with Gasteiger partial charge in [0, 0.05) is 0 Å². The number of aliphatic hydroxyl groups is 1. The number of rotatable bonds is 1. The van der Waals surface area contributed by atoms with Crippen LogP contribution in [0.4, 0.5) is 0 Å². The summed E-state index contributed by atoms with van der Waals surface area (Å²) in [6.07, 6.45) is 9.90. The molecule has 0 aromatic carbocycles. The standard InChI is InChI=1S/C20H32O3/c1-19-9-7-13(21)11-12(19)3-4-14-15-5-6-17(18(22)23)20(15,2)10-8-16(14)19/h12-17,21H,3-11H2,1-2H3,(H,22,23)/t12-,13+,14-,15+,16+,17+,19-,20-/m0/s1. The third-order valence-corrected chi connectivity index (χ3v) is 8.94. The topological polar surface area (TPSA) is 57.5 Å². The number of carboxylic acids is 1. The van der Waals surface area contributed by atoms with Gasteiger partial charge < -0.3 is 10.2 Å². The number of carbonyl (C=O) groups is 1. The Kier molecular flexibility index (Phi) is 3.61. The fourth-order valence-corrected chi connectivity index (χ4v) is 7.64. The monoisotopic (exact) mass is 320 g/mol. The van der Waals surface area contributed by atoms with Crippen LogP contribution in [0.2, 0.25) is 0 Å². The Hall–Kier alpha value is -0.570. The molecular formula is C20H32O3. The molecule has 0 saturated heterocycles. The zero-order valence-corrected chi connectivity index (χ0v) is 14.6. The van der Waals surface area contributed by atoms with Gasteiger partial charge in [-0.2, -0.15) is 0 Å². The summed E-state index contributed by atoms with van der Waals surface area (Å²) in [5.41, 5.74) is 0.426. The highest BCUT2D eigenvalue weighted by molar-refractivity contribution is 5.71. The maximum Gasteiger partial charge on any atom is 0.307 e. The first-order valence-electron chi connectivity index (χ1n) is 9.77. The van der Waals surface area contributed by atoms with E-state index < -0.39 is 5.97 Å². The number of aliphatic carboxylic acids is 1. The lowest BCUT2D eigenvalue weighted by Gasteiger charge is -2.60. The Labute approximate surface area is 139 Å². The Balaban J connectivity index is 1.61. The summed E-state index contributed by atoms with van der Waals surface area (Å²) >= 11 is 0. The van der Waals surface area contributed by atoms with Crippen molar-refractivity contribution in [3.05, 3.63) is 0 Å². The average Bonchev–Trinajstić information content (AvgIpc) is 2.85. The maximum atomic E-state index is 11.7. The molecule has 4 saturated carbocycles. The average molecular weight is 320 g/mol. The molecule has 3 heteroatoms. The molecule has 3 nitrogen and oxygen atoms in total. The zero-order chi connectivity index (χ0) is 16.4. The maximum absolute atomic E-state index is 11.7. The molecule has 2 N–H and O–H groups in total. The minimum Gasteiger partial charge on any atom is -0.481 e. The van der Waals surface area contributed by atoms with Gasteiger partial charge in [0.2, 0.25) is 0 Å². The van der Waals surface area contributed by atoms with Gasteiger partial charge in [-0.15, -0.1) is 0 Å². The SMILES string of the molecule is C[C@]12CC[C@@H](O)C[C@@H]1CC[C@@H]1[C@H]2CC[C@]2(C)[C@@H](C(=O)O)CC[C@H]12. The van der Waals surface area contributed by atoms with E-state index in [4.69, 9.17) is 0 Å². The summed E-state index contributed by atoms with van der Waals surface area (Å²) in [7, 11) is 0. The number of carboxylic acid groups (broad SMARTS) is 1. The largest absolute Gasteiger partial charge is 0.481 e. The van der Waals surface area contributed by atoms with E-state index in [9.17, 15) is 15.0 Å². The molecule has 0 radical (unpaired) electrons. The molecule has 4 aliphatic carbocycles. The van der Waals surface area contributed by atoms with E-state index >= 15 is 0 Å². The molecule has 0 heterocycles. The van der Waals surface area contributed by atoms with Gasteiger partial charge in [-0.1, -0.05) is 13.8 Å². The van der Waals surface area contributed by atoms with Crippen LogP contribution in [0.15, 0.2) is 0 Å². The molecule has 23 heavy (non-hydrogen) atoms. The van der Waals surface area contributed by atoms with Crippen LogP contribution in [-0.2, 0) is 4.79 Å². The van der Waals surface area contributed by atoms with Crippen LogP contribution >= 0.6 is 0 Å². The van der Waals surface area contributed by atoms with Gasteiger partial charge in [-0.25, -0.2) is 0 Å². The van der Waals surface area contributed by atoms with Crippen LogP contribution in [0.3, 0.4) is 0 Å². The van der Waals surface area contributed by atoms with Crippen molar-refractivity contribution in [2.45, 2.75) is 77.7 Å². The van der Waals surface area contributed by atoms with Gasteiger partial charge in [-0.3, -0.25) is 4.79 Å². The molecule has 0 bridgehead atoms. The normalized spacial score (nSPS) is 55.6. The first-order chi connectivity index (χ1) is 10.9. The highest BCUT2D eigenvalue weighted by Gasteiger charge is 2.61. The van der Waals surface area contributed by atoms with Gasteiger partial charge in [0.05, 0.1) is 12.0 Å². The van der Waals surface area contributed by atoms with E-state index in [1.165, 1.54) is 25.7 Å². The van der Waals surface area contributed by atoms with Crippen molar-refractivity contribution < 1.29 is 15.0 Å². The molecule has 0 unspecified atom stereocenters. The first kappa shape index (κ1) is 15.9. The Bertz CT molecular complexity index is 503. The molecule has 0 aliphatic heterocycles. The van der Waals surface area contributed by atoms with Crippen molar-refractivity contribution in [1.82, 2.24) is 0 Å². The molecule has 4 fully saturated rings. The smallest absolute Gasteiger partial charge is 0.307 e. The van der Waals surface area contributed by atoms with E-state index in [1.54, 1.807) is 0 Å². The number of aliphatic hydroxyl groups excluding tert-OH is 1. The lowest BCUT2D eigenvalue weighted by Crippen LogP contribution is -2.54. The summed E-state index contributed by atoms with van der Waals surface area (Å²) in [5, 5.41) is 19.7. The van der Waals surface area contributed by atoms with Gasteiger partial charge in [0.1, 0.15) is 0 Å². The predicted octanol–water partition coefficient (Wildman–Crippen LogP) is 4.09. The second-order valence-electron chi connectivity index (χ2n) is 9.60. The lowest BCUT2D eigenvalue weighted by molar-refractivity contribution is -0.154. The summed E-state index contributed by atoms with van der Waals surface area (Å²) in [6.45, 7) is 4.77. The summed E-state index contributed by atoms with van der Waals surface area (Å²) < 4.78 is 0. The minimum atomic E-state index is -0.561. The van der Waals surface area contributed by atoms with Crippen molar-refractivity contribution in [3.8, 4) is 0 Å². The first-order valence-corrected chi connectivity index (χ1v) is 9.77. The Morgan fingerprint density at radius 3 is 2.35 bits per heavy atom. The van der Waals surface area contributed by atoms with Crippen LogP contribution in [0.5, 0.6) is 0 Å². The van der Waals surface area contributed by atoms with E-state index in [0.29, 0.717) is 17.3 Å². The van der Waals surface area contributed by atoms with E-state index in [1.807, 2.05) is 0 Å². The van der Waals surface area contributed by atoms with Crippen molar-refractivity contribution in [2.75, 3.05) is 0 Å². The number of fused-ring (bicyclic) bond motifs is 5. The summed E-state index contributed by atoms with van der Waals surface area (Å²) in [6, 6.07) is 0. The quantitative estimate of drug-likeness (QED) is 0.765. The molecule has 0 aromatic heterocycles. The van der Waals surface area contributed by atoms with Crippen LogP contribution in [0.25, 0.3) is 0 Å². The molecule has 0 spiro atoms. The minimum absolute atomic E-state index is 0.0321. The van der Waals surface area contributed by atoms with Crippen molar-refractivity contribution in [3.63, 3.8) is 0 Å². The van der Waals surface area contributed by atoms with Gasteiger partial charge >= 0.3 is 5.97 Å². The number of hydrogen-bond acceptors (Lipinski definition) is 2. The number of hydrogen-bond donors (Lipinski definition) is 2. The second-order valence-corrected chi connectivity index (χ2v) is 9.60. The summed E-state index contributed by atoms with van der Waals surface area (Å²) in [5.74, 6) is 2.12. The third-order valence-electron chi connectivity index (χ3n) is 8.94. The van der Waals surface area contributed by atoms with Gasteiger partial charge in [0.25, 0.3) is 0 Å². The van der Waals surface area contributed by atoms with Crippen molar-refractivity contribution in [2.24, 2.45) is 40.4 Å². The predicted molar refractivity (Wildman–Crippen MR) is 88.9 cm³/mol. The van der Waals surface area contributed by atoms with Crippen molar-refractivity contribution in [1.29, 1.82) is 0 Å². The summed E-state index contributed by atoms with van der Waals surface area (Å²) in [4.78, 5) is 11.7. The molecule has 4 aliphatic rings. The molecule has 130 valence electrons. The van der Waals surface area contributed by atoms with Gasteiger partial charge in [-0.05, 0) is 92.3 Å². The molecule has 0 amide bonds. The Morgan fingerprint density at radius 2 is 1.61 bits per heavy atom. The van der Waals surface area contributed by atoms with Crippen LogP contribution < -0.4 is 0 Å². The molecule has 4 rings (SSSR count). The van der Waals surface area contributed by atoms with Crippen LogP contribution in [-0.4, -0.2) is 22.3 Å². The van der Waals surface area contributed by atoms with E-state index in [0.717, 1.165) is 43.9 Å². The van der Waals surface area contributed by atoms with E-state index in [-0.39, 0.29) is 17.4 Å². The fraction of sp³-hybridized carbons (Fsp3) is 0.950. The molecule has 8 atom stereocenters. The third kappa shape index (κ3) is 2.14. The molecule has 0 aromatic rings. The van der Waals surface area contributed by atoms with Gasteiger partial charge in [0.15, 0.2) is 0 Å². The fourth-order valence-electron chi connectivity index (χ4n) is 7.64.